The maximum absolute atomic E-state index is 6.64. The zero-order valence-corrected chi connectivity index (χ0v) is 42.3. The van der Waals surface area contributed by atoms with Crippen molar-refractivity contribution in [2.45, 2.75) is 52.4 Å². The number of nitrogens with zero attached hydrogens (tertiary/aromatic N) is 2. The third-order valence-corrected chi connectivity index (χ3v) is 17.2. The lowest BCUT2D eigenvalue weighted by Crippen LogP contribution is -2.35. The van der Waals surface area contributed by atoms with Crippen LogP contribution in [0.25, 0.3) is 90.8 Å². The van der Waals surface area contributed by atoms with Gasteiger partial charge in [-0.15, -0.1) is 22.7 Å². The van der Waals surface area contributed by atoms with Gasteiger partial charge in [0.2, 0.25) is 7.28 Å². The number of nitrogens with one attached hydrogen (secondary N) is 1. The number of furan rings is 1. The molecule has 0 saturated carbocycles. The highest BCUT2D eigenvalue weighted by molar-refractivity contribution is 7.29. The van der Waals surface area contributed by atoms with Crippen LogP contribution in [-0.2, 0) is 10.8 Å². The van der Waals surface area contributed by atoms with Gasteiger partial charge in [0, 0.05) is 97.4 Å². The lowest BCUT2D eigenvalue weighted by Gasteiger charge is -2.25. The van der Waals surface area contributed by atoms with Crippen molar-refractivity contribution in [3.63, 3.8) is 0 Å². The molecule has 0 aliphatic carbocycles. The van der Waals surface area contributed by atoms with Gasteiger partial charge in [-0.05, 0) is 129 Å². The standard InChI is InChI=1S/C64H50BN3OS2/c1-63(2,3)37-21-24-39(25-22-37)66-52-35-58-50(49-32-42(26-30-56(49)70-58)67(40-15-9-7-10-16-40)41-17-11-8-12-18-41)33-46(52)44-27-28-45-47-34-48-43-19-13-14-20-54(43)69-55(48)36-53(47)68-60(45)59(44)65-62-61(68)51-31-38(64(4,5)6)23-29-57(51)71-62/h7-36,65-66H,1-6H3. The number of hydrogen-bond donors (Lipinski definition) is 1. The van der Waals surface area contributed by atoms with Crippen molar-refractivity contribution >= 4 is 143 Å². The Morgan fingerprint density at radius 2 is 1.15 bits per heavy atom. The number of thiophene rings is 2. The van der Waals surface area contributed by atoms with E-state index >= 15 is 0 Å². The predicted molar refractivity (Wildman–Crippen MR) is 310 cm³/mol. The maximum atomic E-state index is 6.64. The zero-order valence-electron chi connectivity index (χ0n) is 40.6. The second-order valence-electron chi connectivity index (χ2n) is 21.4. The van der Waals surface area contributed by atoms with Crippen LogP contribution in [0.5, 0.6) is 0 Å². The Kier molecular flexibility index (Phi) is 9.21. The molecule has 9 aromatic carbocycles. The SMILES string of the molecule is CC(C)(C)c1ccc(Nc2cc3sc4ccc(N(c5ccccc5)c5ccccc5)cc4c3cc2-c2ccc3c4cc5c(cc4n4c3c2Bc2sc3ccc(C(C)(C)C)cc3c2-4)oc2ccccc25)cc1. The first-order chi connectivity index (χ1) is 34.4. The first-order valence-corrected chi connectivity index (χ1v) is 26.3. The highest BCUT2D eigenvalue weighted by atomic mass is 32.1. The molecule has 1 N–H and O–H groups in total. The molecule has 1 aliphatic rings. The molecule has 71 heavy (non-hydrogen) atoms. The number of rotatable bonds is 6. The Morgan fingerprint density at radius 3 is 1.90 bits per heavy atom. The Labute approximate surface area is 421 Å². The van der Waals surface area contributed by atoms with E-state index < -0.39 is 0 Å². The molecule has 14 rings (SSSR count). The van der Waals surface area contributed by atoms with E-state index in [-0.39, 0.29) is 10.8 Å². The highest BCUT2D eigenvalue weighted by Gasteiger charge is 2.31. The van der Waals surface area contributed by atoms with Gasteiger partial charge in [-0.2, -0.15) is 0 Å². The summed E-state index contributed by atoms with van der Waals surface area (Å²) >= 11 is 3.81. The van der Waals surface area contributed by atoms with Crippen LogP contribution in [0.2, 0.25) is 0 Å². The van der Waals surface area contributed by atoms with Crippen molar-refractivity contribution in [3.05, 3.63) is 193 Å². The lowest BCUT2D eigenvalue weighted by atomic mass is 9.63. The van der Waals surface area contributed by atoms with Gasteiger partial charge in [-0.3, -0.25) is 0 Å². The molecule has 0 spiro atoms. The largest absolute Gasteiger partial charge is 0.456 e. The van der Waals surface area contributed by atoms with Gasteiger partial charge in [0.1, 0.15) is 11.2 Å². The predicted octanol–water partition coefficient (Wildman–Crippen LogP) is 17.4. The van der Waals surface area contributed by atoms with Gasteiger partial charge in [0.15, 0.2) is 0 Å². The number of benzene rings is 9. The third kappa shape index (κ3) is 6.70. The maximum Gasteiger partial charge on any atom is 0.211 e. The molecular weight excluding hydrogens is 902 g/mol. The van der Waals surface area contributed by atoms with Crippen molar-refractivity contribution in [2.75, 3.05) is 10.2 Å². The van der Waals surface area contributed by atoms with E-state index in [1.165, 1.54) is 90.2 Å². The first-order valence-electron chi connectivity index (χ1n) is 24.7. The van der Waals surface area contributed by atoms with Gasteiger partial charge < -0.3 is 19.2 Å². The summed E-state index contributed by atoms with van der Waals surface area (Å²) in [6.45, 7) is 13.8. The molecule has 13 aromatic rings. The van der Waals surface area contributed by atoms with Crippen LogP contribution in [0.3, 0.4) is 0 Å². The lowest BCUT2D eigenvalue weighted by molar-refractivity contribution is 0.590. The second-order valence-corrected chi connectivity index (χ2v) is 23.7. The molecule has 0 unspecified atom stereocenters. The van der Waals surface area contributed by atoms with E-state index in [1.807, 2.05) is 22.7 Å². The monoisotopic (exact) mass is 951 g/mol. The molecule has 1 aliphatic heterocycles. The number of hydrogen-bond acceptors (Lipinski definition) is 5. The summed E-state index contributed by atoms with van der Waals surface area (Å²) in [6.07, 6.45) is 0. The van der Waals surface area contributed by atoms with E-state index in [9.17, 15) is 0 Å². The molecule has 7 heteroatoms. The van der Waals surface area contributed by atoms with Crippen LogP contribution in [0.15, 0.2) is 186 Å². The topological polar surface area (TPSA) is 33.3 Å². The van der Waals surface area contributed by atoms with Crippen LogP contribution < -0.4 is 20.5 Å². The van der Waals surface area contributed by atoms with E-state index in [0.717, 1.165) is 57.7 Å². The summed E-state index contributed by atoms with van der Waals surface area (Å²) in [5.41, 5.74) is 17.7. The molecule has 5 heterocycles. The van der Waals surface area contributed by atoms with Crippen molar-refractivity contribution in [1.29, 1.82) is 0 Å². The average molecular weight is 952 g/mol. The second kappa shape index (κ2) is 15.5. The third-order valence-electron chi connectivity index (χ3n) is 14.9. The molecule has 4 aromatic heterocycles. The molecule has 0 amide bonds. The van der Waals surface area contributed by atoms with Gasteiger partial charge in [0.05, 0.1) is 11.2 Å². The normalized spacial score (nSPS) is 12.8. The van der Waals surface area contributed by atoms with Crippen LogP contribution >= 0.6 is 22.7 Å². The van der Waals surface area contributed by atoms with Gasteiger partial charge in [-0.1, -0.05) is 126 Å². The minimum absolute atomic E-state index is 0.0142. The molecule has 342 valence electrons. The summed E-state index contributed by atoms with van der Waals surface area (Å²) in [7, 11) is 0.830. The first kappa shape index (κ1) is 42.3. The molecule has 0 atom stereocenters. The van der Waals surface area contributed by atoms with Crippen molar-refractivity contribution in [2.24, 2.45) is 0 Å². The van der Waals surface area contributed by atoms with Crippen LogP contribution in [0.1, 0.15) is 52.7 Å². The van der Waals surface area contributed by atoms with E-state index in [2.05, 4.69) is 238 Å². The fraction of sp³-hybridized carbons (Fsp3) is 0.125. The summed E-state index contributed by atoms with van der Waals surface area (Å²) < 4.78 is 14.5. The molecular formula is C64H50BN3OS2. The fourth-order valence-corrected chi connectivity index (χ4v) is 13.6. The minimum Gasteiger partial charge on any atom is -0.456 e. The summed E-state index contributed by atoms with van der Waals surface area (Å²) in [6, 6.07) is 67.4. The van der Waals surface area contributed by atoms with Gasteiger partial charge in [0.25, 0.3) is 0 Å². The van der Waals surface area contributed by atoms with Crippen molar-refractivity contribution in [3.8, 4) is 16.8 Å². The molecule has 0 bridgehead atoms. The summed E-state index contributed by atoms with van der Waals surface area (Å²) in [5, 5.41) is 12.6. The highest BCUT2D eigenvalue weighted by Crippen LogP contribution is 2.47. The Balaban J connectivity index is 1.04. The quantitative estimate of drug-likeness (QED) is 0.169. The molecule has 4 nitrogen and oxygen atoms in total. The number of fused-ring (bicyclic) bond motifs is 13. The number of aromatic nitrogens is 1. The Bertz CT molecular complexity index is 4260. The number of anilines is 5. The van der Waals surface area contributed by atoms with Crippen LogP contribution in [0.4, 0.5) is 28.4 Å². The van der Waals surface area contributed by atoms with Crippen molar-refractivity contribution < 1.29 is 4.42 Å². The van der Waals surface area contributed by atoms with E-state index in [4.69, 9.17) is 4.42 Å². The summed E-state index contributed by atoms with van der Waals surface area (Å²) in [5.74, 6) is 0. The smallest absolute Gasteiger partial charge is 0.211 e. The Morgan fingerprint density at radius 1 is 0.479 bits per heavy atom. The van der Waals surface area contributed by atoms with Crippen LogP contribution in [-0.4, -0.2) is 11.8 Å². The Hall–Kier alpha value is -7.58. The van der Waals surface area contributed by atoms with Crippen LogP contribution in [0, 0.1) is 0 Å². The molecule has 0 saturated heterocycles. The van der Waals surface area contributed by atoms with E-state index in [1.54, 1.807) is 0 Å². The van der Waals surface area contributed by atoms with Gasteiger partial charge in [-0.25, -0.2) is 0 Å². The van der Waals surface area contributed by atoms with Crippen molar-refractivity contribution in [1.82, 2.24) is 4.57 Å². The molecule has 0 radical (unpaired) electrons. The van der Waals surface area contributed by atoms with Gasteiger partial charge >= 0.3 is 0 Å². The zero-order chi connectivity index (χ0) is 47.9. The minimum atomic E-state index is 0.0142. The average Bonchev–Trinajstić information content (AvgIpc) is 4.12. The summed E-state index contributed by atoms with van der Waals surface area (Å²) in [4.78, 5) is 2.37. The fourth-order valence-electron chi connectivity index (χ4n) is 11.3. The number of para-hydroxylation sites is 3. The molecule has 0 fully saturated rings. The van der Waals surface area contributed by atoms with E-state index in [0.29, 0.717) is 0 Å².